The fraction of sp³-hybridized carbons (Fsp3) is 0.474. The van der Waals surface area contributed by atoms with E-state index in [9.17, 15) is 13.2 Å². The Labute approximate surface area is 174 Å². The van der Waals surface area contributed by atoms with Crippen LogP contribution < -0.4 is 4.90 Å². The van der Waals surface area contributed by atoms with Gasteiger partial charge in [-0.3, -0.25) is 4.79 Å². The molecule has 0 radical (unpaired) electrons. The molecular weight excluding hydrogens is 412 g/mol. The van der Waals surface area contributed by atoms with E-state index in [1.807, 2.05) is 5.38 Å². The number of carbonyl (C=O) groups excluding carboxylic acids is 1. The van der Waals surface area contributed by atoms with Crippen LogP contribution in [0, 0.1) is 0 Å². The molecular formula is C19H24N4O4S2. The minimum Gasteiger partial charge on any atom is -0.379 e. The number of anilines is 1. The molecule has 0 N–H and O–H groups in total. The first-order chi connectivity index (χ1) is 14.1. The monoisotopic (exact) mass is 436 g/mol. The molecule has 10 heteroatoms. The van der Waals surface area contributed by atoms with Gasteiger partial charge in [0.15, 0.2) is 5.13 Å². The highest BCUT2D eigenvalue weighted by Crippen LogP contribution is 2.24. The lowest BCUT2D eigenvalue weighted by atomic mass is 10.2. The molecule has 0 spiro atoms. The summed E-state index contributed by atoms with van der Waals surface area (Å²) in [5.74, 6) is -0.238. The van der Waals surface area contributed by atoms with Crippen molar-refractivity contribution in [2.75, 3.05) is 57.4 Å². The van der Waals surface area contributed by atoms with E-state index in [1.54, 1.807) is 40.6 Å². The van der Waals surface area contributed by atoms with Crippen LogP contribution in [0.4, 0.5) is 5.13 Å². The van der Waals surface area contributed by atoms with Gasteiger partial charge in [0.1, 0.15) is 0 Å². The number of amides is 1. The van der Waals surface area contributed by atoms with Gasteiger partial charge in [-0.2, -0.15) is 4.31 Å². The highest BCUT2D eigenvalue weighted by molar-refractivity contribution is 7.89. The van der Waals surface area contributed by atoms with Crippen LogP contribution in [-0.2, 0) is 14.8 Å². The number of hydrogen-bond donors (Lipinski definition) is 0. The van der Waals surface area contributed by atoms with Crippen molar-refractivity contribution in [3.8, 4) is 0 Å². The minimum absolute atomic E-state index is 0.0768. The maximum atomic E-state index is 13.3. The Morgan fingerprint density at radius 1 is 1.03 bits per heavy atom. The fourth-order valence-corrected chi connectivity index (χ4v) is 5.94. The van der Waals surface area contributed by atoms with Crippen molar-refractivity contribution >= 4 is 32.4 Å². The van der Waals surface area contributed by atoms with Gasteiger partial charge in [-0.15, -0.1) is 11.3 Å². The zero-order chi connectivity index (χ0) is 20.3. The lowest BCUT2D eigenvalue weighted by Crippen LogP contribution is -2.42. The first kappa shape index (κ1) is 20.3. The first-order valence-corrected chi connectivity index (χ1v) is 12.0. The van der Waals surface area contributed by atoms with Crippen LogP contribution in [0.2, 0.25) is 0 Å². The SMILES string of the molecule is O=C(c1ccccc1S(=O)(=O)N1CCOCC1)N1CCCN(c2nccs2)CC1. The lowest BCUT2D eigenvalue weighted by Gasteiger charge is -2.28. The van der Waals surface area contributed by atoms with Gasteiger partial charge in [-0.25, -0.2) is 13.4 Å². The molecule has 156 valence electrons. The second kappa shape index (κ2) is 8.78. The van der Waals surface area contributed by atoms with Crippen LogP contribution >= 0.6 is 11.3 Å². The minimum atomic E-state index is -3.74. The third-order valence-electron chi connectivity index (χ3n) is 5.18. The number of aromatic nitrogens is 1. The second-order valence-corrected chi connectivity index (χ2v) is 9.74. The van der Waals surface area contributed by atoms with Gasteiger partial charge in [0.25, 0.3) is 5.91 Å². The van der Waals surface area contributed by atoms with E-state index in [0.717, 1.165) is 18.1 Å². The van der Waals surface area contributed by atoms with Crippen LogP contribution in [-0.4, -0.2) is 81.0 Å². The van der Waals surface area contributed by atoms with Gasteiger partial charge in [-0.1, -0.05) is 12.1 Å². The van der Waals surface area contributed by atoms with Crippen molar-refractivity contribution in [1.29, 1.82) is 0 Å². The Kier molecular flexibility index (Phi) is 6.14. The number of rotatable bonds is 4. The second-order valence-electron chi connectivity index (χ2n) is 6.96. The van der Waals surface area contributed by atoms with Crippen LogP contribution in [0.1, 0.15) is 16.8 Å². The molecule has 0 unspecified atom stereocenters. The maximum Gasteiger partial charge on any atom is 0.255 e. The summed E-state index contributed by atoms with van der Waals surface area (Å²) < 4.78 is 33.0. The smallest absolute Gasteiger partial charge is 0.255 e. The predicted molar refractivity (Wildman–Crippen MR) is 111 cm³/mol. The molecule has 0 aliphatic carbocycles. The van der Waals surface area contributed by atoms with Crippen LogP contribution in [0.5, 0.6) is 0 Å². The number of benzene rings is 1. The molecule has 2 aromatic rings. The Morgan fingerprint density at radius 3 is 2.59 bits per heavy atom. The Hall–Kier alpha value is -2.01. The van der Waals surface area contributed by atoms with E-state index >= 15 is 0 Å². The maximum absolute atomic E-state index is 13.3. The standard InChI is InChI=1S/C19H24N4O4S2/c24-18(21-7-3-8-22(10-9-21)19-20-6-15-28-19)16-4-1-2-5-17(16)29(25,26)23-11-13-27-14-12-23/h1-2,4-6,15H,3,7-14H2. The normalized spacial score (nSPS) is 19.2. The van der Waals surface area contributed by atoms with Crippen molar-refractivity contribution in [3.63, 3.8) is 0 Å². The van der Waals surface area contributed by atoms with Crippen molar-refractivity contribution in [3.05, 3.63) is 41.4 Å². The summed E-state index contributed by atoms with van der Waals surface area (Å²) in [6.07, 6.45) is 2.59. The summed E-state index contributed by atoms with van der Waals surface area (Å²) in [5.41, 5.74) is 0.238. The lowest BCUT2D eigenvalue weighted by molar-refractivity contribution is 0.0726. The van der Waals surface area contributed by atoms with Gasteiger partial charge in [0.05, 0.1) is 23.7 Å². The number of thiazole rings is 1. The molecule has 0 saturated carbocycles. The topological polar surface area (TPSA) is 83.0 Å². The van der Waals surface area contributed by atoms with Crippen molar-refractivity contribution in [2.24, 2.45) is 0 Å². The van der Waals surface area contributed by atoms with E-state index in [-0.39, 0.29) is 16.4 Å². The van der Waals surface area contributed by atoms with E-state index in [0.29, 0.717) is 45.9 Å². The quantitative estimate of drug-likeness (QED) is 0.723. The molecule has 0 atom stereocenters. The summed E-state index contributed by atoms with van der Waals surface area (Å²) in [6.45, 7) is 3.97. The Morgan fingerprint density at radius 2 is 1.83 bits per heavy atom. The molecule has 2 saturated heterocycles. The number of carbonyl (C=O) groups is 1. The van der Waals surface area contributed by atoms with Crippen molar-refractivity contribution < 1.29 is 17.9 Å². The third-order valence-corrected chi connectivity index (χ3v) is 7.97. The van der Waals surface area contributed by atoms with E-state index in [2.05, 4.69) is 9.88 Å². The molecule has 8 nitrogen and oxygen atoms in total. The Balaban J connectivity index is 1.55. The summed E-state index contributed by atoms with van der Waals surface area (Å²) in [6, 6.07) is 6.51. The fourth-order valence-electron chi connectivity index (χ4n) is 3.65. The summed E-state index contributed by atoms with van der Waals surface area (Å²) in [4.78, 5) is 21.6. The van der Waals surface area contributed by atoms with Crippen LogP contribution in [0.3, 0.4) is 0 Å². The predicted octanol–water partition coefficient (Wildman–Crippen LogP) is 1.52. The van der Waals surface area contributed by atoms with Crippen molar-refractivity contribution in [1.82, 2.24) is 14.2 Å². The van der Waals surface area contributed by atoms with Gasteiger partial charge in [0, 0.05) is 50.8 Å². The van der Waals surface area contributed by atoms with Gasteiger partial charge in [-0.05, 0) is 18.6 Å². The molecule has 2 aliphatic heterocycles. The van der Waals surface area contributed by atoms with E-state index < -0.39 is 10.0 Å². The third kappa shape index (κ3) is 4.30. The molecule has 4 rings (SSSR count). The molecule has 1 aromatic heterocycles. The summed E-state index contributed by atoms with van der Waals surface area (Å²) in [7, 11) is -3.74. The number of nitrogens with zero attached hydrogens (tertiary/aromatic N) is 4. The highest BCUT2D eigenvalue weighted by Gasteiger charge is 2.32. The van der Waals surface area contributed by atoms with E-state index in [4.69, 9.17) is 4.74 Å². The van der Waals surface area contributed by atoms with Crippen LogP contribution in [0.15, 0.2) is 40.7 Å². The average molecular weight is 437 g/mol. The zero-order valence-electron chi connectivity index (χ0n) is 16.1. The molecule has 3 heterocycles. The first-order valence-electron chi connectivity index (χ1n) is 9.68. The van der Waals surface area contributed by atoms with Gasteiger partial charge in [0.2, 0.25) is 10.0 Å². The molecule has 2 aliphatic rings. The van der Waals surface area contributed by atoms with Crippen molar-refractivity contribution in [2.45, 2.75) is 11.3 Å². The molecule has 29 heavy (non-hydrogen) atoms. The zero-order valence-corrected chi connectivity index (χ0v) is 17.7. The van der Waals surface area contributed by atoms with Gasteiger partial charge < -0.3 is 14.5 Å². The van der Waals surface area contributed by atoms with Crippen LogP contribution in [0.25, 0.3) is 0 Å². The highest BCUT2D eigenvalue weighted by atomic mass is 32.2. The van der Waals surface area contributed by atoms with E-state index in [1.165, 1.54) is 10.4 Å². The number of hydrogen-bond acceptors (Lipinski definition) is 7. The number of ether oxygens (including phenoxy) is 1. The number of sulfonamides is 1. The molecule has 1 aromatic carbocycles. The Bertz CT molecular complexity index is 943. The number of morpholine rings is 1. The van der Waals surface area contributed by atoms with Gasteiger partial charge >= 0.3 is 0 Å². The molecule has 2 fully saturated rings. The summed E-state index contributed by atoms with van der Waals surface area (Å²) in [5, 5.41) is 2.89. The average Bonchev–Trinajstić information content (AvgIpc) is 3.18. The molecule has 1 amide bonds. The molecule has 0 bridgehead atoms. The largest absolute Gasteiger partial charge is 0.379 e. The summed E-state index contributed by atoms with van der Waals surface area (Å²) >= 11 is 1.58.